The molecule has 0 spiro atoms. The van der Waals surface area contributed by atoms with Crippen molar-refractivity contribution in [3.05, 3.63) is 96.6 Å². The van der Waals surface area contributed by atoms with Crippen LogP contribution in [0.1, 0.15) is 28.3 Å². The topological polar surface area (TPSA) is 78.5 Å². The van der Waals surface area contributed by atoms with Gasteiger partial charge in [-0.15, -0.1) is 0 Å². The molecule has 0 saturated carbocycles. The molecule has 0 saturated heterocycles. The standard InChI is InChI=1S/C21H16BrN5OS/c1-11-15-16(12-7-9-13(22)10-8-12)17-18(24-21(29)25-20(17)28)23-19(15)27(26-11)14-5-3-2-4-6-14/h2-10,16H,1H3,(H3,23,24,25,28,29). The Bertz CT molecular complexity index is 1340. The molecule has 144 valence electrons. The molecule has 3 N–H and O–H groups in total. The van der Waals surface area contributed by atoms with Crippen LogP contribution in [0.5, 0.6) is 0 Å². The van der Waals surface area contributed by atoms with Gasteiger partial charge >= 0.3 is 0 Å². The summed E-state index contributed by atoms with van der Waals surface area (Å²) >= 11 is 8.70. The monoisotopic (exact) mass is 465 g/mol. The lowest BCUT2D eigenvalue weighted by atomic mass is 9.83. The highest BCUT2D eigenvalue weighted by Crippen LogP contribution is 2.44. The van der Waals surface area contributed by atoms with Gasteiger partial charge in [-0.25, -0.2) is 4.68 Å². The summed E-state index contributed by atoms with van der Waals surface area (Å²) in [5.41, 5.74) is 4.16. The van der Waals surface area contributed by atoms with E-state index >= 15 is 0 Å². The van der Waals surface area contributed by atoms with Gasteiger partial charge in [0.15, 0.2) is 4.77 Å². The molecule has 0 fully saturated rings. The summed E-state index contributed by atoms with van der Waals surface area (Å²) in [7, 11) is 0. The smallest absolute Gasteiger partial charge is 0.257 e. The number of para-hydroxylation sites is 1. The number of aromatic nitrogens is 4. The molecular weight excluding hydrogens is 450 g/mol. The number of nitrogens with one attached hydrogen (secondary N) is 3. The van der Waals surface area contributed by atoms with Gasteiger partial charge in [-0.05, 0) is 49.0 Å². The van der Waals surface area contributed by atoms with Crippen molar-refractivity contribution < 1.29 is 0 Å². The highest BCUT2D eigenvalue weighted by atomic mass is 79.9. The Labute approximate surface area is 179 Å². The predicted octanol–water partition coefficient (Wildman–Crippen LogP) is 4.93. The number of nitrogens with zero attached hydrogens (tertiary/aromatic N) is 2. The maximum atomic E-state index is 12.9. The Morgan fingerprint density at radius 3 is 2.48 bits per heavy atom. The highest BCUT2D eigenvalue weighted by molar-refractivity contribution is 9.10. The number of anilines is 2. The quantitative estimate of drug-likeness (QED) is 0.323. The second-order valence-electron chi connectivity index (χ2n) is 6.90. The zero-order valence-corrected chi connectivity index (χ0v) is 17.8. The lowest BCUT2D eigenvalue weighted by Gasteiger charge is -2.27. The molecule has 2 aromatic carbocycles. The van der Waals surface area contributed by atoms with Crippen LogP contribution < -0.4 is 10.9 Å². The molecule has 1 aliphatic rings. The third kappa shape index (κ3) is 2.95. The Morgan fingerprint density at radius 2 is 1.76 bits per heavy atom. The van der Waals surface area contributed by atoms with E-state index in [4.69, 9.17) is 17.3 Å². The summed E-state index contributed by atoms with van der Waals surface area (Å²) in [5, 5.41) is 8.15. The Morgan fingerprint density at radius 1 is 1.03 bits per heavy atom. The fourth-order valence-electron chi connectivity index (χ4n) is 3.88. The zero-order valence-electron chi connectivity index (χ0n) is 15.4. The van der Waals surface area contributed by atoms with Crippen LogP contribution in [-0.2, 0) is 0 Å². The van der Waals surface area contributed by atoms with Gasteiger partial charge in [0.25, 0.3) is 5.56 Å². The van der Waals surface area contributed by atoms with Crippen LogP contribution in [-0.4, -0.2) is 19.7 Å². The Balaban J connectivity index is 1.82. The van der Waals surface area contributed by atoms with E-state index in [0.717, 1.165) is 32.8 Å². The summed E-state index contributed by atoms with van der Waals surface area (Å²) in [6.45, 7) is 1.97. The fourth-order valence-corrected chi connectivity index (χ4v) is 4.34. The van der Waals surface area contributed by atoms with Crippen LogP contribution in [0.25, 0.3) is 5.69 Å². The predicted molar refractivity (Wildman–Crippen MR) is 119 cm³/mol. The SMILES string of the molecule is Cc1nn(-c2ccccc2)c2c1C(c1ccc(Br)cc1)c1c([nH]c(=S)[nH]c1=O)N2. The summed E-state index contributed by atoms with van der Waals surface area (Å²) < 4.78 is 3.13. The lowest BCUT2D eigenvalue weighted by Crippen LogP contribution is -2.26. The molecule has 0 amide bonds. The van der Waals surface area contributed by atoms with E-state index in [1.807, 2.05) is 66.2 Å². The molecule has 1 atom stereocenters. The summed E-state index contributed by atoms with van der Waals surface area (Å²) in [5.74, 6) is 1.14. The number of hydrogen-bond acceptors (Lipinski definition) is 4. The molecule has 6 nitrogen and oxygen atoms in total. The van der Waals surface area contributed by atoms with E-state index in [-0.39, 0.29) is 16.2 Å². The molecule has 0 aliphatic carbocycles. The first-order valence-electron chi connectivity index (χ1n) is 9.07. The molecule has 0 bridgehead atoms. The van der Waals surface area contributed by atoms with E-state index in [0.29, 0.717) is 11.4 Å². The van der Waals surface area contributed by atoms with Gasteiger partial charge in [0, 0.05) is 16.0 Å². The van der Waals surface area contributed by atoms with Crippen molar-refractivity contribution in [3.8, 4) is 5.69 Å². The van der Waals surface area contributed by atoms with E-state index in [2.05, 4.69) is 31.2 Å². The second-order valence-corrected chi connectivity index (χ2v) is 8.23. The summed E-state index contributed by atoms with van der Waals surface area (Å²) in [4.78, 5) is 18.7. The maximum Gasteiger partial charge on any atom is 0.257 e. The normalized spacial score (nSPS) is 14.8. The van der Waals surface area contributed by atoms with Gasteiger partial charge in [0.05, 0.1) is 16.9 Å². The van der Waals surface area contributed by atoms with Gasteiger partial charge < -0.3 is 10.3 Å². The van der Waals surface area contributed by atoms with Gasteiger partial charge in [-0.2, -0.15) is 5.10 Å². The average molecular weight is 466 g/mol. The van der Waals surface area contributed by atoms with Gasteiger partial charge in [0.2, 0.25) is 0 Å². The number of fused-ring (bicyclic) bond motifs is 2. The first-order valence-corrected chi connectivity index (χ1v) is 10.3. The number of benzene rings is 2. The van der Waals surface area contributed by atoms with Crippen molar-refractivity contribution in [1.82, 2.24) is 19.7 Å². The molecule has 4 aromatic rings. The number of aromatic amines is 2. The number of rotatable bonds is 2. The van der Waals surface area contributed by atoms with Crippen molar-refractivity contribution in [1.29, 1.82) is 0 Å². The first kappa shape index (κ1) is 18.1. The van der Waals surface area contributed by atoms with Gasteiger partial charge in [-0.3, -0.25) is 9.78 Å². The van der Waals surface area contributed by atoms with E-state index < -0.39 is 0 Å². The molecule has 2 aromatic heterocycles. The number of H-pyrrole nitrogens is 2. The van der Waals surface area contributed by atoms with Crippen LogP contribution in [0.15, 0.2) is 63.9 Å². The van der Waals surface area contributed by atoms with Crippen LogP contribution in [0.2, 0.25) is 0 Å². The minimum Gasteiger partial charge on any atom is -0.326 e. The molecule has 3 heterocycles. The molecule has 1 aliphatic heterocycles. The minimum atomic E-state index is -0.276. The Hall–Kier alpha value is -2.97. The molecule has 5 rings (SSSR count). The van der Waals surface area contributed by atoms with Crippen molar-refractivity contribution >= 4 is 39.8 Å². The first-order chi connectivity index (χ1) is 14.0. The molecular formula is C21H16BrN5OS. The molecule has 1 unspecified atom stereocenters. The van der Waals surface area contributed by atoms with E-state index in [9.17, 15) is 4.79 Å². The van der Waals surface area contributed by atoms with Crippen molar-refractivity contribution in [2.45, 2.75) is 12.8 Å². The van der Waals surface area contributed by atoms with Gasteiger partial charge in [0.1, 0.15) is 11.6 Å². The third-order valence-corrected chi connectivity index (χ3v) is 5.84. The third-order valence-electron chi connectivity index (χ3n) is 5.11. The molecule has 0 radical (unpaired) electrons. The lowest BCUT2D eigenvalue weighted by molar-refractivity contribution is 0.862. The number of aryl methyl sites for hydroxylation is 1. The van der Waals surface area contributed by atoms with E-state index in [1.165, 1.54) is 0 Å². The minimum absolute atomic E-state index is 0.207. The van der Waals surface area contributed by atoms with Gasteiger partial charge in [-0.1, -0.05) is 46.3 Å². The zero-order chi connectivity index (χ0) is 20.1. The van der Waals surface area contributed by atoms with Crippen LogP contribution >= 0.6 is 28.1 Å². The number of halogens is 1. The maximum absolute atomic E-state index is 12.9. The van der Waals surface area contributed by atoms with Crippen LogP contribution in [0.4, 0.5) is 11.6 Å². The molecule has 8 heteroatoms. The van der Waals surface area contributed by atoms with Crippen molar-refractivity contribution in [2.24, 2.45) is 0 Å². The fraction of sp³-hybridized carbons (Fsp3) is 0.0952. The summed E-state index contributed by atoms with van der Waals surface area (Å²) in [6, 6.07) is 17.9. The van der Waals surface area contributed by atoms with Crippen molar-refractivity contribution in [2.75, 3.05) is 5.32 Å². The van der Waals surface area contributed by atoms with Crippen molar-refractivity contribution in [3.63, 3.8) is 0 Å². The second kappa shape index (κ2) is 6.82. The number of hydrogen-bond donors (Lipinski definition) is 3. The van der Waals surface area contributed by atoms with Crippen LogP contribution in [0.3, 0.4) is 0 Å². The average Bonchev–Trinajstić information content (AvgIpc) is 3.04. The largest absolute Gasteiger partial charge is 0.326 e. The summed E-state index contributed by atoms with van der Waals surface area (Å²) in [6.07, 6.45) is 0. The highest BCUT2D eigenvalue weighted by Gasteiger charge is 2.35. The Kier molecular flexibility index (Phi) is 4.25. The van der Waals surface area contributed by atoms with Crippen LogP contribution in [0, 0.1) is 11.7 Å². The van der Waals surface area contributed by atoms with E-state index in [1.54, 1.807) is 0 Å². The molecule has 29 heavy (non-hydrogen) atoms.